The molecule has 3 aromatic heterocycles. The van der Waals surface area contributed by atoms with Crippen molar-refractivity contribution in [3.63, 3.8) is 0 Å². The van der Waals surface area contributed by atoms with Crippen LogP contribution in [0.25, 0.3) is 33.3 Å². The number of piperidine rings is 1. The number of rotatable bonds is 6. The highest BCUT2D eigenvalue weighted by atomic mass is 35.5. The fourth-order valence-electron chi connectivity index (χ4n) is 6.48. The molecular weight excluding hydrogens is 507 g/mol. The van der Waals surface area contributed by atoms with E-state index in [0.717, 1.165) is 47.4 Å². The van der Waals surface area contributed by atoms with E-state index in [1.807, 2.05) is 30.5 Å². The minimum absolute atomic E-state index is 0.00363. The molecule has 3 atom stereocenters. The molecule has 38 heavy (non-hydrogen) atoms. The first-order valence-corrected chi connectivity index (χ1v) is 13.1. The van der Waals surface area contributed by atoms with E-state index in [-0.39, 0.29) is 23.8 Å². The molecule has 0 amide bonds. The molecule has 1 aliphatic carbocycles. The number of anilines is 1. The quantitative estimate of drug-likeness (QED) is 0.306. The normalized spacial score (nSPS) is 22.8. The summed E-state index contributed by atoms with van der Waals surface area (Å²) in [5.74, 6) is 1.20. The number of aliphatic hydroxyl groups excluding tert-OH is 1. The van der Waals surface area contributed by atoms with Gasteiger partial charge < -0.3 is 15.7 Å². The molecule has 5 aromatic rings. The van der Waals surface area contributed by atoms with E-state index >= 15 is 0 Å². The highest BCUT2D eigenvalue weighted by Crippen LogP contribution is 2.63. The van der Waals surface area contributed by atoms with E-state index in [1.165, 1.54) is 6.07 Å². The first kappa shape index (κ1) is 23.5. The summed E-state index contributed by atoms with van der Waals surface area (Å²) in [7, 11) is 0. The van der Waals surface area contributed by atoms with E-state index in [1.54, 1.807) is 16.9 Å². The van der Waals surface area contributed by atoms with Crippen LogP contribution in [0.3, 0.4) is 0 Å². The summed E-state index contributed by atoms with van der Waals surface area (Å²) in [5, 5.41) is 22.5. The zero-order valence-electron chi connectivity index (χ0n) is 20.5. The van der Waals surface area contributed by atoms with E-state index < -0.39 is 0 Å². The number of hydrogen-bond donors (Lipinski definition) is 3. The molecule has 2 fully saturated rings. The van der Waals surface area contributed by atoms with Crippen molar-refractivity contribution in [3.05, 3.63) is 65.2 Å². The van der Waals surface area contributed by atoms with E-state index in [4.69, 9.17) is 27.3 Å². The fourth-order valence-corrected chi connectivity index (χ4v) is 6.78. The van der Waals surface area contributed by atoms with Gasteiger partial charge in [-0.15, -0.1) is 0 Å². The third-order valence-electron chi connectivity index (χ3n) is 8.39. The van der Waals surface area contributed by atoms with Gasteiger partial charge in [-0.25, -0.2) is 14.4 Å². The lowest BCUT2D eigenvalue weighted by molar-refractivity contribution is 0.270. The highest BCUT2D eigenvalue weighted by molar-refractivity contribution is 6.38. The van der Waals surface area contributed by atoms with Crippen LogP contribution >= 0.6 is 11.6 Å². The largest absolute Gasteiger partial charge is 0.394 e. The SMILES string of the molecule is NC[C@]1(c2ccccc2F)[C@@H]2CCN(c3cnc4c(-c5ccc6nn(CCO)cc6c5Cl)[nH]nc4n3)C[C@@H]21. The molecular formula is C27H26ClFN8O. The van der Waals surface area contributed by atoms with Gasteiger partial charge in [-0.2, -0.15) is 10.2 Å². The van der Waals surface area contributed by atoms with Crippen LogP contribution in [0.1, 0.15) is 12.0 Å². The Balaban J connectivity index is 1.18. The molecule has 0 unspecified atom stereocenters. The molecule has 4 N–H and O–H groups in total. The van der Waals surface area contributed by atoms with Crippen molar-refractivity contribution in [3.8, 4) is 11.3 Å². The molecule has 1 saturated carbocycles. The van der Waals surface area contributed by atoms with Gasteiger partial charge in [-0.3, -0.25) is 9.78 Å². The van der Waals surface area contributed by atoms with Crippen LogP contribution in [-0.4, -0.2) is 61.3 Å². The van der Waals surface area contributed by atoms with Crippen molar-refractivity contribution >= 4 is 39.5 Å². The van der Waals surface area contributed by atoms with Gasteiger partial charge >= 0.3 is 0 Å². The second-order valence-corrected chi connectivity index (χ2v) is 10.5. The smallest absolute Gasteiger partial charge is 0.202 e. The van der Waals surface area contributed by atoms with Crippen molar-refractivity contribution in [2.24, 2.45) is 17.6 Å². The molecule has 2 aromatic carbocycles. The first-order valence-electron chi connectivity index (χ1n) is 12.7. The zero-order valence-corrected chi connectivity index (χ0v) is 21.2. The lowest BCUT2D eigenvalue weighted by Gasteiger charge is -2.26. The summed E-state index contributed by atoms with van der Waals surface area (Å²) in [6.45, 7) is 2.36. The Labute approximate surface area is 222 Å². The maximum Gasteiger partial charge on any atom is 0.202 e. The summed E-state index contributed by atoms with van der Waals surface area (Å²) >= 11 is 6.77. The van der Waals surface area contributed by atoms with E-state index in [9.17, 15) is 9.50 Å². The monoisotopic (exact) mass is 532 g/mol. The molecule has 4 heterocycles. The Hall–Kier alpha value is -3.60. The van der Waals surface area contributed by atoms with Crippen LogP contribution < -0.4 is 10.6 Å². The molecule has 9 nitrogen and oxygen atoms in total. The van der Waals surface area contributed by atoms with Gasteiger partial charge in [-0.05, 0) is 42.0 Å². The number of nitrogens with one attached hydrogen (secondary N) is 1. The number of fused-ring (bicyclic) bond motifs is 3. The molecule has 7 rings (SSSR count). The van der Waals surface area contributed by atoms with E-state index in [0.29, 0.717) is 40.9 Å². The number of aromatic nitrogens is 6. The maximum absolute atomic E-state index is 14.7. The fraction of sp³-hybridized carbons (Fsp3) is 0.333. The first-order chi connectivity index (χ1) is 18.5. The van der Waals surface area contributed by atoms with Crippen molar-refractivity contribution in [1.29, 1.82) is 0 Å². The summed E-state index contributed by atoms with van der Waals surface area (Å²) < 4.78 is 16.4. The average molecular weight is 533 g/mol. The van der Waals surface area contributed by atoms with Gasteiger partial charge in [0.15, 0.2) is 0 Å². The van der Waals surface area contributed by atoms with Gasteiger partial charge in [0.05, 0.1) is 35.6 Å². The van der Waals surface area contributed by atoms with Crippen LogP contribution in [-0.2, 0) is 12.0 Å². The molecule has 1 aliphatic heterocycles. The number of aromatic amines is 1. The second kappa shape index (κ2) is 8.72. The number of nitrogens with two attached hydrogens (primary N) is 1. The molecule has 11 heteroatoms. The van der Waals surface area contributed by atoms with Crippen molar-refractivity contribution in [2.45, 2.75) is 18.4 Å². The Kier molecular flexibility index (Phi) is 5.40. The van der Waals surface area contributed by atoms with Crippen LogP contribution in [0.2, 0.25) is 5.02 Å². The number of nitrogens with zero attached hydrogens (tertiary/aromatic N) is 6. The van der Waals surface area contributed by atoms with Gasteiger partial charge in [-0.1, -0.05) is 29.8 Å². The third kappa shape index (κ3) is 3.37. The predicted octanol–water partition coefficient (Wildman–Crippen LogP) is 3.51. The summed E-state index contributed by atoms with van der Waals surface area (Å²) in [4.78, 5) is 11.7. The molecule has 194 valence electrons. The van der Waals surface area contributed by atoms with Gasteiger partial charge in [0, 0.05) is 42.2 Å². The topological polar surface area (TPSA) is 122 Å². The van der Waals surface area contributed by atoms with Crippen LogP contribution in [0.4, 0.5) is 10.2 Å². The molecule has 0 radical (unpaired) electrons. The standard InChI is InChI=1S/C27H26ClFN8O/c28-23-15(5-6-21-16(23)12-37(35-21)9-10-38)24-25-26(34-33-24)32-22(11-31-25)36-8-7-17-19(13-36)27(17,14-30)18-3-1-2-4-20(18)29/h1-6,11-12,17,19,38H,7-10,13-14,30H2,(H,32,33,34)/t17-,19+,27-/m1/s1. The van der Waals surface area contributed by atoms with Crippen molar-refractivity contribution in [1.82, 2.24) is 29.9 Å². The number of hydrogen-bond acceptors (Lipinski definition) is 7. The Morgan fingerprint density at radius 3 is 2.89 bits per heavy atom. The van der Waals surface area contributed by atoms with Crippen LogP contribution in [0, 0.1) is 17.7 Å². The second-order valence-electron chi connectivity index (χ2n) is 10.1. The molecule has 0 spiro atoms. The minimum Gasteiger partial charge on any atom is -0.394 e. The van der Waals surface area contributed by atoms with Gasteiger partial charge in [0.1, 0.15) is 17.2 Å². The number of benzene rings is 2. The Morgan fingerprint density at radius 1 is 1.21 bits per heavy atom. The highest BCUT2D eigenvalue weighted by Gasteiger charge is 2.66. The van der Waals surface area contributed by atoms with Crippen molar-refractivity contribution < 1.29 is 9.50 Å². The van der Waals surface area contributed by atoms with Gasteiger partial charge in [0.2, 0.25) is 5.65 Å². The molecule has 1 saturated heterocycles. The maximum atomic E-state index is 14.7. The lowest BCUT2D eigenvalue weighted by atomic mass is 9.91. The Morgan fingerprint density at radius 2 is 2.08 bits per heavy atom. The summed E-state index contributed by atoms with van der Waals surface area (Å²) in [6, 6.07) is 10.8. The summed E-state index contributed by atoms with van der Waals surface area (Å²) in [6.07, 6.45) is 4.51. The molecule has 2 aliphatic rings. The van der Waals surface area contributed by atoms with Crippen LogP contribution in [0.15, 0.2) is 48.8 Å². The zero-order chi connectivity index (χ0) is 26.0. The number of halogens is 2. The minimum atomic E-state index is -0.322. The van der Waals surface area contributed by atoms with Gasteiger partial charge in [0.25, 0.3) is 0 Å². The average Bonchev–Trinajstić information content (AvgIpc) is 3.19. The van der Waals surface area contributed by atoms with Crippen molar-refractivity contribution in [2.75, 3.05) is 31.1 Å². The van der Waals surface area contributed by atoms with Crippen LogP contribution in [0.5, 0.6) is 0 Å². The van der Waals surface area contributed by atoms with E-state index in [2.05, 4.69) is 20.2 Å². The lowest BCUT2D eigenvalue weighted by Crippen LogP contribution is -2.32. The molecule has 0 bridgehead atoms. The third-order valence-corrected chi connectivity index (χ3v) is 8.79. The predicted molar refractivity (Wildman–Crippen MR) is 143 cm³/mol. The Bertz CT molecular complexity index is 1680. The summed E-state index contributed by atoms with van der Waals surface area (Å²) in [5.41, 5.74) is 9.98. The number of aliphatic hydroxyl groups is 1. The number of H-pyrrole nitrogens is 1.